The topological polar surface area (TPSA) is 147 Å². The highest BCUT2D eigenvalue weighted by Gasteiger charge is 2.23. The molecule has 11 nitrogen and oxygen atoms in total. The normalized spacial score (nSPS) is 17.2. The maximum atomic E-state index is 13.4. The lowest BCUT2D eigenvalue weighted by molar-refractivity contribution is 0.267. The molecule has 0 spiro atoms. The summed E-state index contributed by atoms with van der Waals surface area (Å²) in [5, 5.41) is 38.0. The van der Waals surface area contributed by atoms with E-state index in [9.17, 15) is 9.60 Å². The van der Waals surface area contributed by atoms with E-state index in [1.807, 2.05) is 0 Å². The molecule has 13 heteroatoms. The summed E-state index contributed by atoms with van der Waals surface area (Å²) in [6, 6.07) is 4.29. The van der Waals surface area contributed by atoms with Crippen molar-refractivity contribution in [2.24, 2.45) is 10.1 Å². The number of aliphatic imine (C=N–C) groups is 1. The van der Waals surface area contributed by atoms with Crippen molar-refractivity contribution in [1.29, 1.82) is 5.26 Å². The minimum Gasteiger partial charge on any atom is -0.409 e. The first-order valence-electron chi connectivity index (χ1n) is 10.00. The lowest BCUT2D eigenvalue weighted by Gasteiger charge is -2.23. The lowest BCUT2D eigenvalue weighted by Crippen LogP contribution is -2.44. The van der Waals surface area contributed by atoms with E-state index in [4.69, 9.17) is 21.5 Å². The van der Waals surface area contributed by atoms with Crippen LogP contribution in [0.25, 0.3) is 0 Å². The molecule has 2 aromatic rings. The van der Waals surface area contributed by atoms with Crippen LogP contribution in [0.1, 0.15) is 31.2 Å². The number of guanidine groups is 1. The van der Waals surface area contributed by atoms with Crippen LogP contribution < -0.4 is 16.0 Å². The zero-order chi connectivity index (χ0) is 22.9. The largest absolute Gasteiger partial charge is 0.409 e. The average molecular weight is 464 g/mol. The lowest BCUT2D eigenvalue weighted by atomic mass is 10.2. The number of hydrogen-bond acceptors (Lipinski definition) is 8. The molecule has 1 aromatic carbocycles. The van der Waals surface area contributed by atoms with Gasteiger partial charge in [0.05, 0.1) is 11.6 Å². The number of nitriles is 1. The van der Waals surface area contributed by atoms with Crippen molar-refractivity contribution < 1.29 is 14.2 Å². The van der Waals surface area contributed by atoms with Gasteiger partial charge in [0.2, 0.25) is 18.0 Å². The van der Waals surface area contributed by atoms with Gasteiger partial charge < -0.3 is 21.2 Å². The molecule has 4 N–H and O–H groups in total. The number of likely N-dealkylation sites (N-methyl/N-ethyl adjacent to an activating group) is 1. The van der Waals surface area contributed by atoms with Crippen LogP contribution in [0, 0.1) is 17.3 Å². The molecule has 1 fully saturated rings. The third-order valence-corrected chi connectivity index (χ3v) is 5.35. The van der Waals surface area contributed by atoms with Gasteiger partial charge >= 0.3 is 0 Å². The first kappa shape index (κ1) is 23.2. The van der Waals surface area contributed by atoms with E-state index < -0.39 is 5.82 Å². The van der Waals surface area contributed by atoms with Crippen molar-refractivity contribution in [1.82, 2.24) is 25.8 Å². The molecule has 170 valence electrons. The predicted octanol–water partition coefficient (Wildman–Crippen LogP) is 2.11. The van der Waals surface area contributed by atoms with E-state index in [0.29, 0.717) is 24.0 Å². The van der Waals surface area contributed by atoms with Gasteiger partial charge in [-0.2, -0.15) is 5.26 Å². The highest BCUT2D eigenvalue weighted by Crippen LogP contribution is 2.20. The Morgan fingerprint density at radius 3 is 3.00 bits per heavy atom. The second-order valence-corrected chi connectivity index (χ2v) is 7.39. The minimum absolute atomic E-state index is 0.0815. The quantitative estimate of drug-likeness (QED) is 0.159. The zero-order valence-electron chi connectivity index (χ0n) is 17.3. The molecule has 32 heavy (non-hydrogen) atoms. The third kappa shape index (κ3) is 5.83. The standard InChI is InChI=1S/C19H23ClFN9O2/c1-2-30-7-3-4-13(30)9-23-19(25-11-22)24-10-16-17(29-32-28-16)18(27-31)26-12-5-6-15(21)14(20)8-12/h5-6,8,13,31H,2-4,7,9-10H2,1H3,(H,26,27)(H2,23,24,25). The van der Waals surface area contributed by atoms with E-state index in [-0.39, 0.29) is 29.1 Å². The van der Waals surface area contributed by atoms with Crippen molar-refractivity contribution in [2.45, 2.75) is 32.4 Å². The summed E-state index contributed by atoms with van der Waals surface area (Å²) < 4.78 is 18.2. The van der Waals surface area contributed by atoms with Gasteiger partial charge in [-0.3, -0.25) is 4.90 Å². The highest BCUT2D eigenvalue weighted by molar-refractivity contribution is 6.31. The summed E-state index contributed by atoms with van der Waals surface area (Å²) in [5.41, 5.74) is 0.781. The van der Waals surface area contributed by atoms with Crippen LogP contribution in [0.3, 0.4) is 0 Å². The number of nitrogens with one attached hydrogen (secondary N) is 3. The Bertz CT molecular complexity index is 1020. The van der Waals surface area contributed by atoms with Gasteiger partial charge in [-0.05, 0) is 49.3 Å². The van der Waals surface area contributed by atoms with E-state index in [1.165, 1.54) is 18.2 Å². The second kappa shape index (κ2) is 11.3. The van der Waals surface area contributed by atoms with Gasteiger partial charge in [0.15, 0.2) is 5.69 Å². The van der Waals surface area contributed by atoms with Crippen LogP contribution in [0.2, 0.25) is 5.02 Å². The number of nitrogens with zero attached hydrogens (tertiary/aromatic N) is 6. The van der Waals surface area contributed by atoms with Gasteiger partial charge in [-0.1, -0.05) is 28.8 Å². The number of hydrogen-bond donors (Lipinski definition) is 4. The number of anilines is 1. The van der Waals surface area contributed by atoms with Crippen LogP contribution in [-0.2, 0) is 6.54 Å². The fourth-order valence-corrected chi connectivity index (χ4v) is 3.64. The van der Waals surface area contributed by atoms with Crippen LogP contribution in [0.5, 0.6) is 0 Å². The van der Waals surface area contributed by atoms with Gasteiger partial charge in [0.25, 0.3) is 0 Å². The molecule has 1 aliphatic rings. The Balaban J connectivity index is 1.63. The Morgan fingerprint density at radius 2 is 2.28 bits per heavy atom. The molecular formula is C19H23ClFN9O2. The van der Waals surface area contributed by atoms with Gasteiger partial charge in [0.1, 0.15) is 11.5 Å². The molecule has 1 aromatic heterocycles. The summed E-state index contributed by atoms with van der Waals surface area (Å²) in [6.45, 7) is 4.87. The van der Waals surface area contributed by atoms with Crippen molar-refractivity contribution in [3.05, 3.63) is 40.4 Å². The fourth-order valence-electron chi connectivity index (χ4n) is 3.46. The summed E-state index contributed by atoms with van der Waals surface area (Å²) in [4.78, 5) is 6.14. The molecule has 1 atom stereocenters. The molecular weight excluding hydrogens is 441 g/mol. The Hall–Kier alpha value is -3.43. The first-order valence-corrected chi connectivity index (χ1v) is 10.4. The zero-order valence-corrected chi connectivity index (χ0v) is 18.1. The fraction of sp³-hybridized carbons (Fsp3) is 0.421. The number of likely N-dealkylation sites (tertiary alicyclic amines) is 1. The SMILES string of the molecule is CCN1CCCC1CNC(=NC#N)NCc1nonc1C(=NO)Nc1ccc(F)c(Cl)c1. The Labute approximate surface area is 188 Å². The number of halogens is 2. The molecule has 1 saturated heterocycles. The number of rotatable bonds is 7. The maximum Gasteiger partial charge on any atom is 0.209 e. The molecule has 0 amide bonds. The maximum absolute atomic E-state index is 13.4. The van der Waals surface area contributed by atoms with Crippen molar-refractivity contribution >= 4 is 29.1 Å². The van der Waals surface area contributed by atoms with Gasteiger partial charge in [-0.15, -0.1) is 4.99 Å². The molecule has 0 bridgehead atoms. The predicted molar refractivity (Wildman–Crippen MR) is 116 cm³/mol. The van der Waals surface area contributed by atoms with Crippen molar-refractivity contribution in [3.63, 3.8) is 0 Å². The molecule has 2 heterocycles. The second-order valence-electron chi connectivity index (χ2n) is 6.98. The van der Waals surface area contributed by atoms with Crippen LogP contribution in [0.4, 0.5) is 10.1 Å². The Morgan fingerprint density at radius 1 is 1.44 bits per heavy atom. The summed E-state index contributed by atoms with van der Waals surface area (Å²) in [7, 11) is 0. The van der Waals surface area contributed by atoms with E-state index >= 15 is 0 Å². The number of amidine groups is 1. The monoisotopic (exact) mass is 463 g/mol. The minimum atomic E-state index is -0.579. The smallest absolute Gasteiger partial charge is 0.209 e. The number of benzene rings is 1. The molecule has 0 radical (unpaired) electrons. The van der Waals surface area contributed by atoms with Crippen LogP contribution >= 0.6 is 11.6 Å². The van der Waals surface area contributed by atoms with Crippen LogP contribution in [-0.4, -0.2) is 57.9 Å². The summed E-state index contributed by atoms with van der Waals surface area (Å²) >= 11 is 5.78. The number of oxime groups is 1. The van der Waals surface area contributed by atoms with Gasteiger partial charge in [0, 0.05) is 18.3 Å². The van der Waals surface area contributed by atoms with Crippen molar-refractivity contribution in [3.8, 4) is 6.19 Å². The van der Waals surface area contributed by atoms with E-state index in [1.54, 1.807) is 6.19 Å². The molecule has 1 aliphatic heterocycles. The first-order chi connectivity index (χ1) is 15.5. The summed E-state index contributed by atoms with van der Waals surface area (Å²) in [6.07, 6.45) is 3.98. The third-order valence-electron chi connectivity index (χ3n) is 5.06. The van der Waals surface area contributed by atoms with E-state index in [2.05, 4.69) is 48.2 Å². The molecule has 1 unspecified atom stereocenters. The van der Waals surface area contributed by atoms with Crippen molar-refractivity contribution in [2.75, 3.05) is 25.0 Å². The average Bonchev–Trinajstić information content (AvgIpc) is 3.45. The number of aromatic nitrogens is 2. The van der Waals surface area contributed by atoms with E-state index in [0.717, 1.165) is 25.9 Å². The summed E-state index contributed by atoms with van der Waals surface area (Å²) in [5.74, 6) is -0.378. The van der Waals surface area contributed by atoms with Gasteiger partial charge in [-0.25, -0.2) is 9.02 Å². The molecule has 3 rings (SSSR count). The van der Waals surface area contributed by atoms with Crippen LogP contribution in [0.15, 0.2) is 33.0 Å². The molecule has 0 saturated carbocycles. The molecule has 0 aliphatic carbocycles. The highest BCUT2D eigenvalue weighted by atomic mass is 35.5. The Kier molecular flexibility index (Phi) is 8.18.